The first-order valence-corrected chi connectivity index (χ1v) is 13.2. The lowest BCUT2D eigenvalue weighted by molar-refractivity contribution is -0.369. The highest BCUT2D eigenvalue weighted by Gasteiger charge is 2.51. The average molecular weight is 553 g/mol. The molecule has 2 aliphatic rings. The van der Waals surface area contributed by atoms with E-state index in [0.717, 1.165) is 33.9 Å². The first kappa shape index (κ1) is 28.4. The standard InChI is InChI=1S/C31H36O9/c1-32-23-11-5-20(6-12-23)17-36-28-27-26(19-38-30(40-27)22-9-15-25(34-3)16-10-22)39-31(35-4)29(28)37-18-21-7-13-24(33-2)14-8-21/h5-16,26-31H,17-19H2,1-4H3/t26-,27-,28+,29-,30-,31+/m1/s1. The van der Waals surface area contributed by atoms with Crippen molar-refractivity contribution in [2.75, 3.05) is 35.0 Å². The van der Waals surface area contributed by atoms with E-state index in [9.17, 15) is 0 Å². The van der Waals surface area contributed by atoms with Crippen molar-refractivity contribution in [2.24, 2.45) is 0 Å². The van der Waals surface area contributed by atoms with Crippen LogP contribution in [0.1, 0.15) is 23.0 Å². The van der Waals surface area contributed by atoms with Crippen molar-refractivity contribution < 1.29 is 42.6 Å². The van der Waals surface area contributed by atoms with Gasteiger partial charge in [-0.3, -0.25) is 0 Å². The van der Waals surface area contributed by atoms with Crippen LogP contribution < -0.4 is 14.2 Å². The van der Waals surface area contributed by atoms with Gasteiger partial charge in [0.2, 0.25) is 0 Å². The molecule has 0 bridgehead atoms. The van der Waals surface area contributed by atoms with Crippen LogP contribution in [0.15, 0.2) is 72.8 Å². The number of benzene rings is 3. The number of rotatable bonds is 11. The maximum atomic E-state index is 6.56. The SMILES string of the molecule is COc1ccc(CO[C@@H]2[C@@H](OCc3ccc(OC)cc3)[C@@H](OC)O[C@@H]3CO[C@@H](c4ccc(OC)cc4)O[C@@H]23)cc1. The van der Waals surface area contributed by atoms with E-state index in [1.165, 1.54) is 0 Å². The van der Waals surface area contributed by atoms with E-state index in [4.69, 9.17) is 42.6 Å². The topological polar surface area (TPSA) is 83.1 Å². The first-order chi connectivity index (χ1) is 19.6. The minimum absolute atomic E-state index is 0.314. The third-order valence-electron chi connectivity index (χ3n) is 7.11. The van der Waals surface area contributed by atoms with Crippen LogP contribution in [-0.2, 0) is 41.6 Å². The molecule has 0 aromatic heterocycles. The second-order valence-corrected chi connectivity index (χ2v) is 9.57. The summed E-state index contributed by atoms with van der Waals surface area (Å²) in [5, 5.41) is 0. The van der Waals surface area contributed by atoms with E-state index in [2.05, 4.69) is 0 Å². The fourth-order valence-electron chi connectivity index (χ4n) is 4.86. The van der Waals surface area contributed by atoms with Crippen molar-refractivity contribution in [3.63, 3.8) is 0 Å². The molecule has 0 unspecified atom stereocenters. The molecule has 214 valence electrons. The highest BCUT2D eigenvalue weighted by molar-refractivity contribution is 5.29. The van der Waals surface area contributed by atoms with Gasteiger partial charge in [0.05, 0.1) is 41.2 Å². The Hall–Kier alpha value is -3.18. The number of fused-ring (bicyclic) bond motifs is 1. The molecule has 0 amide bonds. The van der Waals surface area contributed by atoms with Gasteiger partial charge in [0.25, 0.3) is 0 Å². The van der Waals surface area contributed by atoms with Gasteiger partial charge < -0.3 is 42.6 Å². The van der Waals surface area contributed by atoms with E-state index >= 15 is 0 Å². The summed E-state index contributed by atoms with van der Waals surface area (Å²) in [5.74, 6) is 2.32. The minimum atomic E-state index is -0.676. The molecule has 2 saturated heterocycles. The largest absolute Gasteiger partial charge is 0.497 e. The van der Waals surface area contributed by atoms with E-state index in [1.54, 1.807) is 28.4 Å². The molecule has 6 atom stereocenters. The van der Waals surface area contributed by atoms with Gasteiger partial charge in [0, 0.05) is 12.7 Å². The van der Waals surface area contributed by atoms with Crippen molar-refractivity contribution in [1.82, 2.24) is 0 Å². The highest BCUT2D eigenvalue weighted by Crippen LogP contribution is 2.37. The normalized spacial score (nSPS) is 26.1. The van der Waals surface area contributed by atoms with Gasteiger partial charge in [-0.05, 0) is 47.5 Å². The number of methoxy groups -OCH3 is 4. The fourth-order valence-corrected chi connectivity index (χ4v) is 4.86. The molecule has 2 aliphatic heterocycles. The second kappa shape index (κ2) is 13.5. The molecular weight excluding hydrogens is 516 g/mol. The zero-order valence-corrected chi connectivity index (χ0v) is 23.2. The molecule has 40 heavy (non-hydrogen) atoms. The van der Waals surface area contributed by atoms with Crippen LogP contribution in [0.25, 0.3) is 0 Å². The van der Waals surface area contributed by atoms with Crippen LogP contribution in [0.4, 0.5) is 0 Å². The Bertz CT molecular complexity index is 1180. The summed E-state index contributed by atoms with van der Waals surface area (Å²) in [4.78, 5) is 0. The Morgan fingerprint density at radius 1 is 0.625 bits per heavy atom. The van der Waals surface area contributed by atoms with Crippen LogP contribution >= 0.6 is 0 Å². The predicted octanol–water partition coefficient (Wildman–Crippen LogP) is 4.67. The lowest BCUT2D eigenvalue weighted by Crippen LogP contribution is -2.63. The van der Waals surface area contributed by atoms with E-state index in [-0.39, 0.29) is 0 Å². The second-order valence-electron chi connectivity index (χ2n) is 9.57. The Balaban J connectivity index is 1.37. The van der Waals surface area contributed by atoms with E-state index in [1.807, 2.05) is 72.8 Å². The molecule has 0 aliphatic carbocycles. The maximum absolute atomic E-state index is 6.56. The van der Waals surface area contributed by atoms with Gasteiger partial charge in [-0.25, -0.2) is 0 Å². The van der Waals surface area contributed by atoms with Crippen LogP contribution in [0, 0.1) is 0 Å². The maximum Gasteiger partial charge on any atom is 0.186 e. The molecule has 0 N–H and O–H groups in total. The van der Waals surface area contributed by atoms with Crippen LogP contribution in [0.3, 0.4) is 0 Å². The molecule has 0 saturated carbocycles. The zero-order chi connectivity index (χ0) is 27.9. The molecule has 9 heteroatoms. The van der Waals surface area contributed by atoms with Crippen molar-refractivity contribution in [3.8, 4) is 17.2 Å². The van der Waals surface area contributed by atoms with Crippen molar-refractivity contribution in [3.05, 3.63) is 89.5 Å². The van der Waals surface area contributed by atoms with Gasteiger partial charge in [-0.1, -0.05) is 36.4 Å². The Kier molecular flexibility index (Phi) is 9.53. The van der Waals surface area contributed by atoms with Crippen molar-refractivity contribution in [1.29, 1.82) is 0 Å². The molecule has 9 nitrogen and oxygen atoms in total. The molecule has 3 aromatic carbocycles. The smallest absolute Gasteiger partial charge is 0.186 e. The van der Waals surface area contributed by atoms with Gasteiger partial charge in [0.15, 0.2) is 12.6 Å². The van der Waals surface area contributed by atoms with Gasteiger partial charge >= 0.3 is 0 Å². The third kappa shape index (κ3) is 6.58. The summed E-state index contributed by atoms with van der Waals surface area (Å²) < 4.78 is 53.4. The molecule has 0 radical (unpaired) electrons. The molecule has 2 fully saturated rings. The van der Waals surface area contributed by atoms with Gasteiger partial charge in [-0.15, -0.1) is 0 Å². The number of ether oxygens (including phenoxy) is 9. The Morgan fingerprint density at radius 3 is 1.62 bits per heavy atom. The summed E-state index contributed by atoms with van der Waals surface area (Å²) in [6, 6.07) is 23.1. The molecular formula is C31H36O9. The molecule has 5 rings (SSSR count). The fraction of sp³-hybridized carbons (Fsp3) is 0.419. The van der Waals surface area contributed by atoms with E-state index in [0.29, 0.717) is 19.8 Å². The molecule has 3 aromatic rings. The zero-order valence-electron chi connectivity index (χ0n) is 23.2. The Morgan fingerprint density at radius 2 is 1.12 bits per heavy atom. The monoisotopic (exact) mass is 552 g/mol. The van der Waals surface area contributed by atoms with Crippen LogP contribution in [0.2, 0.25) is 0 Å². The molecule has 0 spiro atoms. The minimum Gasteiger partial charge on any atom is -0.497 e. The van der Waals surface area contributed by atoms with Gasteiger partial charge in [0.1, 0.15) is 41.7 Å². The lowest BCUT2D eigenvalue weighted by atomic mass is 9.97. The summed E-state index contributed by atoms with van der Waals surface area (Å²) in [6.45, 7) is 0.985. The Labute approximate surface area is 234 Å². The van der Waals surface area contributed by atoms with Crippen molar-refractivity contribution >= 4 is 0 Å². The lowest BCUT2D eigenvalue weighted by Gasteiger charge is -2.48. The highest BCUT2D eigenvalue weighted by atomic mass is 16.8. The number of hydrogen-bond donors (Lipinski definition) is 0. The van der Waals surface area contributed by atoms with Crippen LogP contribution in [-0.4, -0.2) is 65.8 Å². The van der Waals surface area contributed by atoms with Gasteiger partial charge in [-0.2, -0.15) is 0 Å². The first-order valence-electron chi connectivity index (χ1n) is 13.2. The number of hydrogen-bond acceptors (Lipinski definition) is 9. The van der Waals surface area contributed by atoms with Crippen LogP contribution in [0.5, 0.6) is 17.2 Å². The summed E-state index contributed by atoms with van der Waals surface area (Å²) in [7, 11) is 6.52. The predicted molar refractivity (Wildman–Crippen MR) is 145 cm³/mol. The van der Waals surface area contributed by atoms with E-state index < -0.39 is 37.0 Å². The summed E-state index contributed by atoms with van der Waals surface area (Å²) in [5.41, 5.74) is 2.85. The molecule has 2 heterocycles. The summed E-state index contributed by atoms with van der Waals surface area (Å²) in [6.07, 6.45) is -3.21. The summed E-state index contributed by atoms with van der Waals surface area (Å²) >= 11 is 0. The average Bonchev–Trinajstić information content (AvgIpc) is 3.02. The quantitative estimate of drug-likeness (QED) is 0.337. The van der Waals surface area contributed by atoms with Crippen molar-refractivity contribution in [2.45, 2.75) is 50.2 Å². The third-order valence-corrected chi connectivity index (χ3v) is 7.11.